The number of hydrogen-bond acceptors (Lipinski definition) is 7. The summed E-state index contributed by atoms with van der Waals surface area (Å²) in [5, 5.41) is 0.665. The molecule has 0 radical (unpaired) electrons. The Morgan fingerprint density at radius 3 is 2.38 bits per heavy atom. The highest BCUT2D eigenvalue weighted by atomic mass is 32.2. The molecular weight excluding hydrogens is 446 g/mol. The molecular formula is C26H25N5O2S. The molecule has 34 heavy (non-hydrogen) atoms. The Labute approximate surface area is 202 Å². The van der Waals surface area contributed by atoms with E-state index in [1.807, 2.05) is 24.1 Å². The number of pyridine rings is 2. The van der Waals surface area contributed by atoms with Crippen molar-refractivity contribution in [3.63, 3.8) is 0 Å². The average molecular weight is 472 g/mol. The Morgan fingerprint density at radius 2 is 1.68 bits per heavy atom. The first kappa shape index (κ1) is 22.5. The van der Waals surface area contributed by atoms with Crippen LogP contribution < -0.4 is 11.3 Å². The maximum absolute atomic E-state index is 12.3. The Balaban J connectivity index is 1.33. The van der Waals surface area contributed by atoms with Crippen LogP contribution in [-0.2, 0) is 10.5 Å². The molecule has 0 aliphatic carbocycles. The first-order chi connectivity index (χ1) is 16.7. The van der Waals surface area contributed by atoms with Gasteiger partial charge >= 0.3 is 0 Å². The Bertz CT molecular complexity index is 1290. The molecule has 1 fully saturated rings. The van der Waals surface area contributed by atoms with Gasteiger partial charge in [0.1, 0.15) is 0 Å². The number of rotatable bonds is 6. The number of hydrazine groups is 1. The van der Waals surface area contributed by atoms with Gasteiger partial charge in [-0.1, -0.05) is 60.5 Å². The smallest absolute Gasteiger partial charge is 0.265 e. The van der Waals surface area contributed by atoms with Crippen molar-refractivity contribution in [1.29, 1.82) is 0 Å². The minimum Gasteiger partial charge on any atom is -0.379 e. The van der Waals surface area contributed by atoms with Crippen LogP contribution in [0.2, 0.25) is 0 Å². The van der Waals surface area contributed by atoms with Crippen LogP contribution in [-0.4, -0.2) is 46.5 Å². The number of carbonyl (C=O) groups is 1. The first-order valence-corrected chi connectivity index (χ1v) is 12.1. The van der Waals surface area contributed by atoms with Crippen molar-refractivity contribution in [2.45, 2.75) is 5.75 Å². The van der Waals surface area contributed by atoms with E-state index in [2.05, 4.69) is 51.1 Å². The molecule has 0 saturated carbocycles. The van der Waals surface area contributed by atoms with E-state index >= 15 is 0 Å². The number of morpholine rings is 1. The molecule has 8 heteroatoms. The van der Waals surface area contributed by atoms with Crippen LogP contribution >= 0.6 is 11.9 Å². The highest BCUT2D eigenvalue weighted by Crippen LogP contribution is 2.28. The molecule has 3 heterocycles. The van der Waals surface area contributed by atoms with Crippen molar-refractivity contribution >= 4 is 28.8 Å². The summed E-state index contributed by atoms with van der Waals surface area (Å²) in [6.45, 7) is 3.59. The van der Waals surface area contributed by atoms with Crippen molar-refractivity contribution < 1.29 is 9.53 Å². The zero-order valence-corrected chi connectivity index (χ0v) is 19.4. The molecule has 2 aromatic heterocycles. The molecule has 4 aromatic rings. The lowest BCUT2D eigenvalue weighted by Crippen LogP contribution is -2.31. The third-order valence-corrected chi connectivity index (χ3v) is 7.03. The van der Waals surface area contributed by atoms with Gasteiger partial charge in [0.2, 0.25) is 0 Å². The minimum absolute atomic E-state index is 0.370. The van der Waals surface area contributed by atoms with E-state index < -0.39 is 0 Å². The normalized spacial score (nSPS) is 14.3. The Hall–Kier alpha value is -3.30. The standard InChI is InChI=1S/C26H25N5O2S/c27-30-26(32)22-15-25(29-24-9-10-28-16-23(22)24)21-7-5-20(6-8-21)19-3-1-18(2-4-19)17-34-31-11-13-33-14-12-31/h1-10,15-16H,11-14,17,27H2,(H,30,32). The number of nitrogens with one attached hydrogen (secondary N) is 1. The molecule has 5 rings (SSSR count). The number of amides is 1. The molecule has 2 aromatic carbocycles. The number of aromatic nitrogens is 2. The SMILES string of the molecule is NNC(=O)c1cc(-c2ccc(-c3ccc(CSN4CCOCC4)cc3)cc2)nc2ccncc12. The van der Waals surface area contributed by atoms with Gasteiger partial charge in [0, 0.05) is 42.2 Å². The summed E-state index contributed by atoms with van der Waals surface area (Å²) in [5.41, 5.74) is 8.57. The molecule has 1 saturated heterocycles. The Morgan fingerprint density at radius 1 is 1.00 bits per heavy atom. The van der Waals surface area contributed by atoms with Crippen molar-refractivity contribution in [1.82, 2.24) is 19.7 Å². The topological polar surface area (TPSA) is 93.4 Å². The van der Waals surface area contributed by atoms with Gasteiger partial charge < -0.3 is 4.74 Å². The maximum atomic E-state index is 12.3. The summed E-state index contributed by atoms with van der Waals surface area (Å²) >= 11 is 1.86. The van der Waals surface area contributed by atoms with Crippen molar-refractivity contribution in [3.05, 3.63) is 84.2 Å². The van der Waals surface area contributed by atoms with E-state index in [4.69, 9.17) is 15.6 Å². The maximum Gasteiger partial charge on any atom is 0.265 e. The summed E-state index contributed by atoms with van der Waals surface area (Å²) < 4.78 is 7.78. The van der Waals surface area contributed by atoms with Gasteiger partial charge in [-0.25, -0.2) is 15.1 Å². The molecule has 0 spiro atoms. The van der Waals surface area contributed by atoms with E-state index in [0.717, 1.165) is 48.7 Å². The van der Waals surface area contributed by atoms with E-state index in [-0.39, 0.29) is 5.91 Å². The lowest BCUT2D eigenvalue weighted by molar-refractivity contribution is 0.0773. The summed E-state index contributed by atoms with van der Waals surface area (Å²) in [6, 6.07) is 20.4. The van der Waals surface area contributed by atoms with Gasteiger partial charge in [-0.3, -0.25) is 15.2 Å². The molecule has 1 aliphatic heterocycles. The summed E-state index contributed by atoms with van der Waals surface area (Å²) in [7, 11) is 0. The predicted octanol–water partition coefficient (Wildman–Crippen LogP) is 4.05. The van der Waals surface area contributed by atoms with Crippen LogP contribution in [0, 0.1) is 0 Å². The van der Waals surface area contributed by atoms with Gasteiger partial charge in [-0.2, -0.15) is 0 Å². The minimum atomic E-state index is -0.370. The fourth-order valence-electron chi connectivity index (χ4n) is 3.95. The number of hydrogen-bond donors (Lipinski definition) is 2. The zero-order valence-electron chi connectivity index (χ0n) is 18.6. The average Bonchev–Trinajstić information content (AvgIpc) is 2.92. The monoisotopic (exact) mass is 471 g/mol. The van der Waals surface area contributed by atoms with Gasteiger partial charge in [0.05, 0.1) is 30.0 Å². The lowest BCUT2D eigenvalue weighted by Gasteiger charge is -2.25. The lowest BCUT2D eigenvalue weighted by atomic mass is 10.0. The van der Waals surface area contributed by atoms with Crippen LogP contribution in [0.5, 0.6) is 0 Å². The first-order valence-electron chi connectivity index (χ1n) is 11.1. The fraction of sp³-hybridized carbons (Fsp3) is 0.192. The second-order valence-corrected chi connectivity index (χ2v) is 9.07. The second kappa shape index (κ2) is 10.3. The van der Waals surface area contributed by atoms with E-state index in [1.54, 1.807) is 24.5 Å². The molecule has 0 bridgehead atoms. The highest BCUT2D eigenvalue weighted by Gasteiger charge is 2.14. The molecule has 0 atom stereocenters. The van der Waals surface area contributed by atoms with E-state index in [1.165, 1.54) is 5.56 Å². The Kier molecular flexibility index (Phi) is 6.82. The third kappa shape index (κ3) is 4.95. The molecule has 3 N–H and O–H groups in total. The zero-order chi connectivity index (χ0) is 23.3. The van der Waals surface area contributed by atoms with Gasteiger partial charge in [0.25, 0.3) is 5.91 Å². The van der Waals surface area contributed by atoms with Crippen molar-refractivity contribution in [2.24, 2.45) is 5.84 Å². The van der Waals surface area contributed by atoms with Crippen LogP contribution in [0.4, 0.5) is 0 Å². The largest absolute Gasteiger partial charge is 0.379 e. The van der Waals surface area contributed by atoms with Crippen LogP contribution in [0.1, 0.15) is 15.9 Å². The quantitative estimate of drug-likeness (QED) is 0.190. The van der Waals surface area contributed by atoms with Crippen LogP contribution in [0.3, 0.4) is 0 Å². The summed E-state index contributed by atoms with van der Waals surface area (Å²) in [4.78, 5) is 21.1. The number of nitrogens with two attached hydrogens (primary N) is 1. The third-order valence-electron chi connectivity index (χ3n) is 5.84. The molecule has 0 unspecified atom stereocenters. The number of nitrogen functional groups attached to an aromatic ring is 1. The van der Waals surface area contributed by atoms with Gasteiger partial charge in [-0.15, -0.1) is 0 Å². The number of nitrogens with zero attached hydrogens (tertiary/aromatic N) is 3. The predicted molar refractivity (Wildman–Crippen MR) is 136 cm³/mol. The molecule has 1 aliphatic rings. The molecule has 1 amide bonds. The molecule has 7 nitrogen and oxygen atoms in total. The van der Waals surface area contributed by atoms with Gasteiger partial charge in [0.15, 0.2) is 0 Å². The van der Waals surface area contributed by atoms with E-state index in [9.17, 15) is 4.79 Å². The number of carbonyl (C=O) groups excluding carboxylic acids is 1. The van der Waals surface area contributed by atoms with Crippen molar-refractivity contribution in [3.8, 4) is 22.4 Å². The fourth-order valence-corrected chi connectivity index (χ4v) is 4.88. The van der Waals surface area contributed by atoms with Crippen LogP contribution in [0.25, 0.3) is 33.3 Å². The van der Waals surface area contributed by atoms with E-state index in [0.29, 0.717) is 22.2 Å². The van der Waals surface area contributed by atoms with Crippen molar-refractivity contribution in [2.75, 3.05) is 26.3 Å². The van der Waals surface area contributed by atoms with Crippen LogP contribution in [0.15, 0.2) is 73.1 Å². The number of benzene rings is 2. The second-order valence-electron chi connectivity index (χ2n) is 8.01. The number of ether oxygens (including phenoxy) is 1. The summed E-state index contributed by atoms with van der Waals surface area (Å²) in [5.74, 6) is 5.98. The number of fused-ring (bicyclic) bond motifs is 1. The molecule has 172 valence electrons. The van der Waals surface area contributed by atoms with Gasteiger partial charge in [-0.05, 0) is 28.8 Å². The highest BCUT2D eigenvalue weighted by molar-refractivity contribution is 7.96. The summed E-state index contributed by atoms with van der Waals surface area (Å²) in [6.07, 6.45) is 3.29.